The van der Waals surface area contributed by atoms with E-state index in [2.05, 4.69) is 29.6 Å². The highest BCUT2D eigenvalue weighted by atomic mass is 15.0. The number of rotatable bonds is 0. The quantitative estimate of drug-likeness (QED) is 0.675. The summed E-state index contributed by atoms with van der Waals surface area (Å²) in [5, 5.41) is 3.95. The first-order valence-electron chi connectivity index (χ1n) is 7.99. The smallest absolute Gasteiger partial charge is 0.0591 e. The number of hydrogen-bond donors (Lipinski definition) is 1. The van der Waals surface area contributed by atoms with Gasteiger partial charge in [-0.25, -0.2) is 0 Å². The minimum absolute atomic E-state index is 0.322. The van der Waals surface area contributed by atoms with Crippen LogP contribution in [0.5, 0.6) is 0 Å². The Morgan fingerprint density at radius 1 is 0.842 bits per heavy atom. The Labute approximate surface area is 116 Å². The first-order valence-corrected chi connectivity index (χ1v) is 7.99. The number of para-hydroxylation sites is 1. The zero-order chi connectivity index (χ0) is 12.7. The number of anilines is 1. The van der Waals surface area contributed by atoms with E-state index in [1.807, 2.05) is 0 Å². The van der Waals surface area contributed by atoms with Gasteiger partial charge in [0.05, 0.1) is 5.54 Å². The molecule has 3 aliphatic rings. The van der Waals surface area contributed by atoms with E-state index in [9.17, 15) is 0 Å². The van der Waals surface area contributed by atoms with Crippen LogP contribution in [0.2, 0.25) is 0 Å². The van der Waals surface area contributed by atoms with E-state index in [0.717, 1.165) is 0 Å². The van der Waals surface area contributed by atoms with Gasteiger partial charge in [-0.05, 0) is 55.7 Å². The van der Waals surface area contributed by atoms with E-state index in [0.29, 0.717) is 5.54 Å². The van der Waals surface area contributed by atoms with Gasteiger partial charge in [0.15, 0.2) is 0 Å². The van der Waals surface area contributed by atoms with Crippen LogP contribution in [0.3, 0.4) is 0 Å². The van der Waals surface area contributed by atoms with E-state index >= 15 is 0 Å². The molecule has 0 unspecified atom stereocenters. The Bertz CT molecular complexity index is 520. The van der Waals surface area contributed by atoms with Gasteiger partial charge in [0.2, 0.25) is 0 Å². The van der Waals surface area contributed by atoms with Crippen LogP contribution < -0.4 is 5.32 Å². The Hall–Kier alpha value is -1.24. The van der Waals surface area contributed by atoms with Crippen LogP contribution in [-0.2, 0) is 0 Å². The predicted molar refractivity (Wildman–Crippen MR) is 81.3 cm³/mol. The van der Waals surface area contributed by atoms with Crippen LogP contribution >= 0.6 is 0 Å². The van der Waals surface area contributed by atoms with Crippen molar-refractivity contribution < 1.29 is 0 Å². The predicted octanol–water partition coefficient (Wildman–Crippen LogP) is 5.14. The lowest BCUT2D eigenvalue weighted by Crippen LogP contribution is -2.45. The maximum absolute atomic E-state index is 3.95. The van der Waals surface area contributed by atoms with Crippen molar-refractivity contribution in [1.82, 2.24) is 0 Å². The molecule has 0 atom stereocenters. The summed E-state index contributed by atoms with van der Waals surface area (Å²) in [5.41, 5.74) is 6.68. The summed E-state index contributed by atoms with van der Waals surface area (Å²) < 4.78 is 0. The summed E-state index contributed by atoms with van der Waals surface area (Å²) in [6.45, 7) is 0. The van der Waals surface area contributed by atoms with Crippen molar-refractivity contribution in [2.75, 3.05) is 5.32 Å². The summed E-state index contributed by atoms with van der Waals surface area (Å²) in [4.78, 5) is 0. The van der Waals surface area contributed by atoms with Crippen molar-refractivity contribution in [1.29, 1.82) is 0 Å². The summed E-state index contributed by atoms with van der Waals surface area (Å²) >= 11 is 0. The second-order valence-corrected chi connectivity index (χ2v) is 6.48. The highest BCUT2D eigenvalue weighted by molar-refractivity contribution is 5.84. The van der Waals surface area contributed by atoms with Crippen LogP contribution in [0.25, 0.3) is 5.57 Å². The number of fused-ring (bicyclic) bond motifs is 3. The molecule has 2 aliphatic carbocycles. The van der Waals surface area contributed by atoms with Gasteiger partial charge in [0.1, 0.15) is 0 Å². The number of nitrogens with one attached hydrogen (secondary N) is 1. The Morgan fingerprint density at radius 2 is 1.63 bits per heavy atom. The lowest BCUT2D eigenvalue weighted by molar-refractivity contribution is 0.353. The molecular weight excluding hydrogens is 230 g/mol. The molecule has 0 saturated heterocycles. The topological polar surface area (TPSA) is 12.0 Å². The van der Waals surface area contributed by atoms with Gasteiger partial charge in [0.25, 0.3) is 0 Å². The fourth-order valence-corrected chi connectivity index (χ4v) is 4.50. The van der Waals surface area contributed by atoms with Crippen molar-refractivity contribution in [3.8, 4) is 0 Å². The SMILES string of the molecule is c1ccc2c(c1)NC1(CCCCC1)C1=C2CCCC1. The number of allylic oxidation sites excluding steroid dienone is 1. The molecule has 1 spiro atoms. The zero-order valence-electron chi connectivity index (χ0n) is 11.7. The molecule has 0 radical (unpaired) electrons. The van der Waals surface area contributed by atoms with Gasteiger partial charge in [-0.3, -0.25) is 0 Å². The minimum atomic E-state index is 0.322. The third-order valence-electron chi connectivity index (χ3n) is 5.38. The summed E-state index contributed by atoms with van der Waals surface area (Å²) in [6, 6.07) is 8.97. The Kier molecular flexibility index (Phi) is 2.68. The molecule has 1 N–H and O–H groups in total. The zero-order valence-corrected chi connectivity index (χ0v) is 11.7. The molecular formula is C18H23N. The number of benzene rings is 1. The van der Waals surface area contributed by atoms with E-state index in [1.165, 1.54) is 69.0 Å². The Morgan fingerprint density at radius 3 is 2.53 bits per heavy atom. The van der Waals surface area contributed by atoms with E-state index in [1.54, 1.807) is 11.1 Å². The molecule has 1 aliphatic heterocycles. The van der Waals surface area contributed by atoms with Crippen molar-refractivity contribution in [2.45, 2.75) is 63.3 Å². The molecule has 100 valence electrons. The fraction of sp³-hybridized carbons (Fsp3) is 0.556. The summed E-state index contributed by atoms with van der Waals surface area (Å²) in [7, 11) is 0. The molecule has 19 heavy (non-hydrogen) atoms. The maximum Gasteiger partial charge on any atom is 0.0591 e. The van der Waals surface area contributed by atoms with Crippen molar-refractivity contribution in [2.24, 2.45) is 0 Å². The molecule has 1 aromatic carbocycles. The normalized spacial score (nSPS) is 24.6. The average Bonchev–Trinajstić information content (AvgIpc) is 2.49. The van der Waals surface area contributed by atoms with Crippen LogP contribution in [0, 0.1) is 0 Å². The molecule has 4 rings (SSSR count). The van der Waals surface area contributed by atoms with Crippen LogP contribution in [0.15, 0.2) is 29.8 Å². The molecule has 0 bridgehead atoms. The van der Waals surface area contributed by atoms with Crippen molar-refractivity contribution >= 4 is 11.3 Å². The largest absolute Gasteiger partial charge is 0.375 e. The van der Waals surface area contributed by atoms with E-state index in [-0.39, 0.29) is 0 Å². The Balaban J connectivity index is 1.87. The van der Waals surface area contributed by atoms with Gasteiger partial charge in [-0.1, -0.05) is 37.5 Å². The summed E-state index contributed by atoms with van der Waals surface area (Å²) in [5.74, 6) is 0. The monoisotopic (exact) mass is 253 g/mol. The number of hydrogen-bond acceptors (Lipinski definition) is 1. The molecule has 1 nitrogen and oxygen atoms in total. The molecule has 1 heteroatoms. The lowest BCUT2D eigenvalue weighted by Gasteiger charge is -2.47. The van der Waals surface area contributed by atoms with Gasteiger partial charge < -0.3 is 5.32 Å². The van der Waals surface area contributed by atoms with Gasteiger partial charge in [-0.15, -0.1) is 0 Å². The van der Waals surface area contributed by atoms with Crippen LogP contribution in [0.4, 0.5) is 5.69 Å². The second-order valence-electron chi connectivity index (χ2n) is 6.48. The molecule has 0 aromatic heterocycles. The maximum atomic E-state index is 3.95. The second kappa shape index (κ2) is 4.40. The van der Waals surface area contributed by atoms with Gasteiger partial charge in [0, 0.05) is 11.3 Å². The average molecular weight is 253 g/mol. The molecule has 0 amide bonds. The third kappa shape index (κ3) is 1.74. The first-order chi connectivity index (χ1) is 9.39. The minimum Gasteiger partial charge on any atom is -0.375 e. The molecule has 1 saturated carbocycles. The molecule has 1 aromatic rings. The fourth-order valence-electron chi connectivity index (χ4n) is 4.50. The van der Waals surface area contributed by atoms with Gasteiger partial charge in [-0.2, -0.15) is 0 Å². The van der Waals surface area contributed by atoms with Crippen molar-refractivity contribution in [3.63, 3.8) is 0 Å². The van der Waals surface area contributed by atoms with E-state index < -0.39 is 0 Å². The highest BCUT2D eigenvalue weighted by Gasteiger charge is 2.41. The van der Waals surface area contributed by atoms with Crippen molar-refractivity contribution in [3.05, 3.63) is 35.4 Å². The van der Waals surface area contributed by atoms with E-state index in [4.69, 9.17) is 0 Å². The molecule has 1 heterocycles. The summed E-state index contributed by atoms with van der Waals surface area (Å²) in [6.07, 6.45) is 12.3. The van der Waals surface area contributed by atoms with Crippen LogP contribution in [0.1, 0.15) is 63.4 Å². The lowest BCUT2D eigenvalue weighted by atomic mass is 9.67. The standard InChI is InChI=1S/C18H23N/c1-6-12-18(13-7-1)16-10-4-2-8-14(16)15-9-3-5-11-17(15)19-18/h3,5,9,11,19H,1-2,4,6-8,10,12-13H2. The van der Waals surface area contributed by atoms with Crippen LogP contribution in [-0.4, -0.2) is 5.54 Å². The first kappa shape index (κ1) is 11.6. The van der Waals surface area contributed by atoms with Gasteiger partial charge >= 0.3 is 0 Å². The highest BCUT2D eigenvalue weighted by Crippen LogP contribution is 2.50. The molecule has 1 fully saturated rings. The third-order valence-corrected chi connectivity index (χ3v) is 5.38.